The second-order valence-corrected chi connectivity index (χ2v) is 6.51. The van der Waals surface area contributed by atoms with Crippen LogP contribution in [0.3, 0.4) is 0 Å². The zero-order valence-corrected chi connectivity index (χ0v) is 14.6. The molecule has 0 unspecified atom stereocenters. The third-order valence-corrected chi connectivity index (χ3v) is 4.52. The molecule has 0 bridgehead atoms. The van der Waals surface area contributed by atoms with Crippen LogP contribution in [0.4, 0.5) is 33.3 Å². The minimum Gasteiger partial charge on any atom is -0.480 e. The van der Waals surface area contributed by atoms with Crippen LogP contribution in [0.25, 0.3) is 0 Å². The molecule has 3 N–H and O–H groups in total. The highest BCUT2D eigenvalue weighted by Gasteiger charge is 2.57. The Morgan fingerprint density at radius 2 is 1.86 bits per heavy atom. The second kappa shape index (κ2) is 7.30. The Balaban J connectivity index is 1.74. The number of carboxylic acids is 1. The van der Waals surface area contributed by atoms with E-state index in [1.807, 2.05) is 0 Å². The summed E-state index contributed by atoms with van der Waals surface area (Å²) in [6, 6.07) is 3.19. The molecule has 0 atom stereocenters. The van der Waals surface area contributed by atoms with Crippen LogP contribution in [0.5, 0.6) is 0 Å². The first kappa shape index (κ1) is 20.5. The summed E-state index contributed by atoms with van der Waals surface area (Å²) in [6.07, 6.45) is -3.50. The lowest BCUT2D eigenvalue weighted by atomic mass is 10.1. The molecule has 29 heavy (non-hydrogen) atoms. The molecule has 154 valence electrons. The molecule has 1 heterocycles. The minimum absolute atomic E-state index is 0.178. The van der Waals surface area contributed by atoms with Crippen molar-refractivity contribution in [3.8, 4) is 0 Å². The van der Waals surface area contributed by atoms with E-state index < -0.39 is 52.9 Å². The fourth-order valence-corrected chi connectivity index (χ4v) is 2.69. The Hall–Kier alpha value is -3.24. The van der Waals surface area contributed by atoms with Gasteiger partial charge < -0.3 is 15.7 Å². The average molecular weight is 415 g/mol. The zero-order chi connectivity index (χ0) is 21.4. The van der Waals surface area contributed by atoms with Gasteiger partial charge in [0, 0.05) is 6.07 Å². The number of amides is 1. The number of nitrogens with zero attached hydrogens (tertiary/aromatic N) is 1. The van der Waals surface area contributed by atoms with Crippen LogP contribution in [0.2, 0.25) is 0 Å². The van der Waals surface area contributed by atoms with Gasteiger partial charge in [0.1, 0.15) is 17.0 Å². The Morgan fingerprint density at radius 1 is 1.17 bits per heavy atom. The summed E-state index contributed by atoms with van der Waals surface area (Å²) in [5, 5.41) is 13.5. The molecule has 0 radical (unpaired) electrons. The van der Waals surface area contributed by atoms with Crippen molar-refractivity contribution >= 4 is 23.3 Å². The van der Waals surface area contributed by atoms with Crippen molar-refractivity contribution in [2.45, 2.75) is 25.6 Å². The van der Waals surface area contributed by atoms with Gasteiger partial charge in [-0.1, -0.05) is 6.07 Å². The van der Waals surface area contributed by atoms with Gasteiger partial charge in [0.05, 0.1) is 35.4 Å². The lowest BCUT2D eigenvalue weighted by Crippen LogP contribution is -2.36. The van der Waals surface area contributed by atoms with Crippen molar-refractivity contribution in [2.75, 3.05) is 5.32 Å². The van der Waals surface area contributed by atoms with Gasteiger partial charge in [0.15, 0.2) is 0 Å². The molecule has 1 aromatic heterocycles. The fraction of sp³-hybridized carbons (Fsp3) is 0.278. The molecular formula is C18H14F5N3O3. The van der Waals surface area contributed by atoms with Crippen molar-refractivity contribution in [1.82, 2.24) is 10.3 Å². The normalized spacial score (nSPS) is 14.9. The average Bonchev–Trinajstić information content (AvgIpc) is 3.43. The number of alkyl halides is 3. The summed E-state index contributed by atoms with van der Waals surface area (Å²) >= 11 is 0. The van der Waals surface area contributed by atoms with Crippen LogP contribution in [-0.4, -0.2) is 22.0 Å². The van der Waals surface area contributed by atoms with Gasteiger partial charge in [-0.15, -0.1) is 0 Å². The number of halogens is 5. The van der Waals surface area contributed by atoms with E-state index in [-0.39, 0.29) is 24.2 Å². The first-order valence-corrected chi connectivity index (χ1v) is 8.33. The van der Waals surface area contributed by atoms with E-state index in [1.54, 1.807) is 0 Å². The number of carboxylic acid groups (broad SMARTS) is 1. The maximum Gasteiger partial charge on any atom is 0.418 e. The molecule has 0 spiro atoms. The van der Waals surface area contributed by atoms with E-state index in [4.69, 9.17) is 5.11 Å². The summed E-state index contributed by atoms with van der Waals surface area (Å²) in [7, 11) is 0. The van der Waals surface area contributed by atoms with E-state index in [2.05, 4.69) is 15.6 Å². The van der Waals surface area contributed by atoms with Gasteiger partial charge in [0.25, 0.3) is 0 Å². The number of rotatable bonds is 6. The third kappa shape index (κ3) is 4.13. The predicted octanol–water partition coefficient (Wildman–Crippen LogP) is 3.60. The molecule has 0 aliphatic heterocycles. The van der Waals surface area contributed by atoms with Crippen molar-refractivity contribution in [3.63, 3.8) is 0 Å². The van der Waals surface area contributed by atoms with E-state index in [1.165, 1.54) is 0 Å². The first-order valence-electron chi connectivity index (χ1n) is 8.33. The lowest BCUT2D eigenvalue weighted by Gasteiger charge is -2.16. The molecule has 1 aromatic carbocycles. The Kier molecular flexibility index (Phi) is 5.16. The van der Waals surface area contributed by atoms with Crippen LogP contribution in [-0.2, 0) is 22.3 Å². The number of nitrogens with one attached hydrogen (secondary N) is 2. The van der Waals surface area contributed by atoms with Crippen molar-refractivity contribution < 1.29 is 36.6 Å². The number of hydrogen-bond donors (Lipinski definition) is 3. The van der Waals surface area contributed by atoms with Crippen molar-refractivity contribution in [2.24, 2.45) is 5.41 Å². The number of hydrogen-bond acceptors (Lipinski definition) is 4. The summed E-state index contributed by atoms with van der Waals surface area (Å²) in [6.45, 7) is -0.409. The van der Waals surface area contributed by atoms with Crippen LogP contribution in [0.1, 0.15) is 24.1 Å². The smallest absolute Gasteiger partial charge is 0.418 e. The van der Waals surface area contributed by atoms with E-state index >= 15 is 0 Å². The number of pyridine rings is 1. The quantitative estimate of drug-likeness (QED) is 0.495. The summed E-state index contributed by atoms with van der Waals surface area (Å²) in [4.78, 5) is 26.7. The largest absolute Gasteiger partial charge is 0.480 e. The molecule has 1 saturated carbocycles. The zero-order valence-electron chi connectivity index (χ0n) is 14.6. The van der Waals surface area contributed by atoms with Crippen molar-refractivity contribution in [1.29, 1.82) is 0 Å². The number of anilines is 2. The van der Waals surface area contributed by atoms with Gasteiger partial charge in [-0.3, -0.25) is 14.6 Å². The Labute approximate surface area is 160 Å². The number of carbonyl (C=O) groups excluding carboxylic acids is 1. The van der Waals surface area contributed by atoms with Gasteiger partial charge in [-0.05, 0) is 25.0 Å². The standard InChI is InChI=1S/C18H14F5N3O3/c19-11-3-1-2-10(18(21,22)23)14(11)26-9-6-12(20)13(24-7-9)8-25-15(27)17(4-5-17)16(28)29/h1-3,6-7,26H,4-5,8H2,(H,25,27)(H,28,29). The van der Waals surface area contributed by atoms with E-state index in [0.29, 0.717) is 6.07 Å². The molecule has 2 aromatic rings. The highest BCUT2D eigenvalue weighted by molar-refractivity contribution is 6.04. The minimum atomic E-state index is -4.83. The van der Waals surface area contributed by atoms with Crippen LogP contribution >= 0.6 is 0 Å². The summed E-state index contributed by atoms with van der Waals surface area (Å²) in [5.74, 6) is -4.19. The van der Waals surface area contributed by atoms with Gasteiger partial charge >= 0.3 is 12.1 Å². The highest BCUT2D eigenvalue weighted by atomic mass is 19.4. The number of aliphatic carboxylic acids is 1. The molecule has 1 fully saturated rings. The first-order chi connectivity index (χ1) is 13.5. The lowest BCUT2D eigenvalue weighted by molar-refractivity contribution is -0.149. The fourth-order valence-electron chi connectivity index (χ4n) is 2.69. The number of carbonyl (C=O) groups is 2. The summed E-state index contributed by atoms with van der Waals surface area (Å²) < 4.78 is 67.2. The van der Waals surface area contributed by atoms with Crippen LogP contribution in [0.15, 0.2) is 30.5 Å². The Bertz CT molecular complexity index is 974. The van der Waals surface area contributed by atoms with Crippen LogP contribution < -0.4 is 10.6 Å². The third-order valence-electron chi connectivity index (χ3n) is 4.52. The molecule has 6 nitrogen and oxygen atoms in total. The van der Waals surface area contributed by atoms with Crippen LogP contribution in [0, 0.1) is 17.0 Å². The number of benzene rings is 1. The topological polar surface area (TPSA) is 91.3 Å². The molecule has 3 rings (SSSR count). The molecular weight excluding hydrogens is 401 g/mol. The maximum absolute atomic E-state index is 14.2. The number of para-hydroxylation sites is 1. The van der Waals surface area contributed by atoms with Crippen molar-refractivity contribution in [3.05, 3.63) is 53.4 Å². The monoisotopic (exact) mass is 415 g/mol. The molecule has 1 aliphatic rings. The molecule has 11 heteroatoms. The molecule has 1 aliphatic carbocycles. The molecule has 1 amide bonds. The Morgan fingerprint density at radius 3 is 2.41 bits per heavy atom. The van der Waals surface area contributed by atoms with Gasteiger partial charge in [-0.2, -0.15) is 13.2 Å². The maximum atomic E-state index is 14.2. The van der Waals surface area contributed by atoms with Gasteiger partial charge in [-0.25, -0.2) is 8.78 Å². The molecule has 0 saturated heterocycles. The predicted molar refractivity (Wildman–Crippen MR) is 90.0 cm³/mol. The SMILES string of the molecule is O=C(O)C1(C(=O)NCc2ncc(Nc3c(F)cccc3C(F)(F)F)cc2F)CC1. The van der Waals surface area contributed by atoms with E-state index in [0.717, 1.165) is 24.4 Å². The number of aromatic nitrogens is 1. The van der Waals surface area contributed by atoms with Gasteiger partial charge in [0.2, 0.25) is 5.91 Å². The highest BCUT2D eigenvalue weighted by Crippen LogP contribution is 2.46. The van der Waals surface area contributed by atoms with E-state index in [9.17, 15) is 31.5 Å². The summed E-state index contributed by atoms with van der Waals surface area (Å²) in [5.41, 5.74) is -4.14. The second-order valence-electron chi connectivity index (χ2n) is 6.51.